The molecule has 1 aromatic rings. The summed E-state index contributed by atoms with van der Waals surface area (Å²) in [5.74, 6) is 0.970. The second-order valence-corrected chi connectivity index (χ2v) is 4.99. The molecule has 0 aliphatic carbocycles. The van der Waals surface area contributed by atoms with Crippen LogP contribution in [-0.2, 0) is 0 Å². The summed E-state index contributed by atoms with van der Waals surface area (Å²) in [6.07, 6.45) is 2.44. The summed E-state index contributed by atoms with van der Waals surface area (Å²) in [4.78, 5) is 2.47. The fourth-order valence-electron chi connectivity index (χ4n) is 2.60. The van der Waals surface area contributed by atoms with Crippen molar-refractivity contribution in [2.24, 2.45) is 0 Å². The predicted octanol–water partition coefficient (Wildman–Crippen LogP) is 2.58. The van der Waals surface area contributed by atoms with Crippen molar-refractivity contribution >= 4 is 5.69 Å². The molecule has 1 aromatic carbocycles. The SMILES string of the molecule is CCC1CCN(c2ccc(OC)c(C)c2)CCN1. The first kappa shape index (κ1) is 13.2. The third-order valence-corrected chi connectivity index (χ3v) is 3.80. The number of nitrogens with zero attached hydrogens (tertiary/aromatic N) is 1. The fourth-order valence-corrected chi connectivity index (χ4v) is 2.60. The van der Waals surface area contributed by atoms with E-state index < -0.39 is 0 Å². The molecule has 0 bridgehead atoms. The molecule has 1 saturated heterocycles. The van der Waals surface area contributed by atoms with Crippen LogP contribution in [0.5, 0.6) is 5.75 Å². The normalized spacial score (nSPS) is 20.6. The van der Waals surface area contributed by atoms with Crippen molar-refractivity contribution in [3.63, 3.8) is 0 Å². The molecule has 0 saturated carbocycles. The molecule has 0 spiro atoms. The van der Waals surface area contributed by atoms with E-state index in [2.05, 4.69) is 42.3 Å². The van der Waals surface area contributed by atoms with Gasteiger partial charge in [-0.2, -0.15) is 0 Å². The average Bonchev–Trinajstić information content (AvgIpc) is 2.63. The van der Waals surface area contributed by atoms with Crippen LogP contribution in [0.15, 0.2) is 18.2 Å². The molecule has 1 atom stereocenters. The van der Waals surface area contributed by atoms with Crippen molar-refractivity contribution in [3.05, 3.63) is 23.8 Å². The van der Waals surface area contributed by atoms with E-state index in [4.69, 9.17) is 4.74 Å². The van der Waals surface area contributed by atoms with Crippen molar-refractivity contribution in [1.29, 1.82) is 0 Å². The third kappa shape index (κ3) is 2.96. The highest BCUT2D eigenvalue weighted by atomic mass is 16.5. The Bertz CT molecular complexity index is 392. The van der Waals surface area contributed by atoms with Gasteiger partial charge in [0.25, 0.3) is 0 Å². The summed E-state index contributed by atoms with van der Waals surface area (Å²) in [7, 11) is 1.73. The zero-order valence-electron chi connectivity index (χ0n) is 11.7. The first-order valence-corrected chi connectivity index (χ1v) is 6.87. The Morgan fingerprint density at radius 1 is 1.39 bits per heavy atom. The van der Waals surface area contributed by atoms with E-state index in [1.54, 1.807) is 7.11 Å². The summed E-state index contributed by atoms with van der Waals surface area (Å²) in [6.45, 7) is 7.65. The molecular weight excluding hydrogens is 224 g/mol. The number of benzene rings is 1. The molecule has 1 aliphatic heterocycles. The van der Waals surface area contributed by atoms with Crippen LogP contribution in [0.25, 0.3) is 0 Å². The van der Waals surface area contributed by atoms with Crippen LogP contribution in [0, 0.1) is 6.92 Å². The van der Waals surface area contributed by atoms with Gasteiger partial charge in [0.15, 0.2) is 0 Å². The van der Waals surface area contributed by atoms with Gasteiger partial charge in [0.1, 0.15) is 5.75 Å². The van der Waals surface area contributed by atoms with Crippen molar-refractivity contribution in [2.75, 3.05) is 31.6 Å². The number of aryl methyl sites for hydroxylation is 1. The molecule has 1 heterocycles. The smallest absolute Gasteiger partial charge is 0.121 e. The first-order chi connectivity index (χ1) is 8.74. The third-order valence-electron chi connectivity index (χ3n) is 3.80. The van der Waals surface area contributed by atoms with Crippen LogP contribution >= 0.6 is 0 Å². The zero-order chi connectivity index (χ0) is 13.0. The lowest BCUT2D eigenvalue weighted by Crippen LogP contribution is -2.30. The quantitative estimate of drug-likeness (QED) is 0.890. The minimum Gasteiger partial charge on any atom is -0.496 e. The molecule has 1 fully saturated rings. The van der Waals surface area contributed by atoms with Crippen LogP contribution in [-0.4, -0.2) is 32.8 Å². The highest BCUT2D eigenvalue weighted by Gasteiger charge is 2.15. The van der Waals surface area contributed by atoms with E-state index in [1.807, 2.05) is 0 Å². The van der Waals surface area contributed by atoms with Gasteiger partial charge in [-0.25, -0.2) is 0 Å². The number of hydrogen-bond acceptors (Lipinski definition) is 3. The van der Waals surface area contributed by atoms with Crippen LogP contribution in [0.1, 0.15) is 25.3 Å². The minimum atomic E-state index is 0.675. The Morgan fingerprint density at radius 3 is 2.89 bits per heavy atom. The Labute approximate surface area is 110 Å². The first-order valence-electron chi connectivity index (χ1n) is 6.87. The number of ether oxygens (including phenoxy) is 1. The number of rotatable bonds is 3. The van der Waals surface area contributed by atoms with Gasteiger partial charge in [0.2, 0.25) is 0 Å². The second-order valence-electron chi connectivity index (χ2n) is 4.99. The van der Waals surface area contributed by atoms with Crippen molar-refractivity contribution in [1.82, 2.24) is 5.32 Å². The van der Waals surface area contributed by atoms with Gasteiger partial charge in [-0.15, -0.1) is 0 Å². The molecule has 0 radical (unpaired) electrons. The van der Waals surface area contributed by atoms with E-state index in [-0.39, 0.29) is 0 Å². The maximum absolute atomic E-state index is 5.32. The van der Waals surface area contributed by atoms with E-state index in [0.29, 0.717) is 6.04 Å². The Morgan fingerprint density at radius 2 is 2.22 bits per heavy atom. The van der Waals surface area contributed by atoms with Crippen LogP contribution in [0.2, 0.25) is 0 Å². The van der Waals surface area contributed by atoms with Gasteiger partial charge in [-0.3, -0.25) is 0 Å². The average molecular weight is 248 g/mol. The number of methoxy groups -OCH3 is 1. The van der Waals surface area contributed by atoms with Gasteiger partial charge in [0.05, 0.1) is 7.11 Å². The van der Waals surface area contributed by atoms with Crippen molar-refractivity contribution in [2.45, 2.75) is 32.7 Å². The van der Waals surface area contributed by atoms with Gasteiger partial charge >= 0.3 is 0 Å². The molecule has 18 heavy (non-hydrogen) atoms. The summed E-state index contributed by atoms with van der Waals surface area (Å²) in [6, 6.07) is 7.14. The molecule has 1 unspecified atom stereocenters. The van der Waals surface area contributed by atoms with Crippen LogP contribution in [0.3, 0.4) is 0 Å². The number of anilines is 1. The van der Waals surface area contributed by atoms with E-state index >= 15 is 0 Å². The topological polar surface area (TPSA) is 24.5 Å². The van der Waals surface area contributed by atoms with E-state index in [1.165, 1.54) is 24.1 Å². The maximum atomic E-state index is 5.32. The molecular formula is C15H24N2O. The standard InChI is InChI=1S/C15H24N2O/c1-4-13-7-9-17(10-8-16-13)14-5-6-15(18-3)12(2)11-14/h5-6,11,13,16H,4,7-10H2,1-3H3. The fraction of sp³-hybridized carbons (Fsp3) is 0.600. The molecule has 0 amide bonds. The molecule has 1 N–H and O–H groups in total. The minimum absolute atomic E-state index is 0.675. The van der Waals surface area contributed by atoms with Crippen molar-refractivity contribution < 1.29 is 4.74 Å². The maximum Gasteiger partial charge on any atom is 0.121 e. The Hall–Kier alpha value is -1.22. The largest absolute Gasteiger partial charge is 0.496 e. The van der Waals surface area contributed by atoms with Crippen molar-refractivity contribution in [3.8, 4) is 5.75 Å². The lowest BCUT2D eigenvalue weighted by Gasteiger charge is -2.23. The zero-order valence-corrected chi connectivity index (χ0v) is 11.7. The number of nitrogens with one attached hydrogen (secondary N) is 1. The Balaban J connectivity index is 2.09. The summed E-state index contributed by atoms with van der Waals surface area (Å²) in [5, 5.41) is 3.60. The van der Waals surface area contributed by atoms with Gasteiger partial charge < -0.3 is 15.0 Å². The molecule has 3 nitrogen and oxygen atoms in total. The molecule has 0 aromatic heterocycles. The molecule has 100 valence electrons. The van der Waals surface area contributed by atoms with Crippen LogP contribution < -0.4 is 15.0 Å². The number of hydrogen-bond donors (Lipinski definition) is 1. The highest BCUT2D eigenvalue weighted by Crippen LogP contribution is 2.24. The lowest BCUT2D eigenvalue weighted by atomic mass is 10.1. The summed E-state index contributed by atoms with van der Waals surface area (Å²) < 4.78 is 5.32. The van der Waals surface area contributed by atoms with Gasteiger partial charge in [-0.1, -0.05) is 6.92 Å². The predicted molar refractivity (Wildman–Crippen MR) is 76.6 cm³/mol. The lowest BCUT2D eigenvalue weighted by molar-refractivity contribution is 0.411. The van der Waals surface area contributed by atoms with Gasteiger partial charge in [-0.05, 0) is 43.5 Å². The molecule has 1 aliphatic rings. The highest BCUT2D eigenvalue weighted by molar-refractivity contribution is 5.53. The van der Waals surface area contributed by atoms with Gasteiger partial charge in [0, 0.05) is 31.4 Å². The summed E-state index contributed by atoms with van der Waals surface area (Å²) in [5.41, 5.74) is 2.52. The van der Waals surface area contributed by atoms with E-state index in [0.717, 1.165) is 25.4 Å². The molecule has 2 rings (SSSR count). The summed E-state index contributed by atoms with van der Waals surface area (Å²) >= 11 is 0. The molecule has 3 heteroatoms. The monoisotopic (exact) mass is 248 g/mol. The van der Waals surface area contributed by atoms with Crippen LogP contribution in [0.4, 0.5) is 5.69 Å². The Kier molecular flexibility index (Phi) is 4.48. The second kappa shape index (κ2) is 6.10. The van der Waals surface area contributed by atoms with E-state index in [9.17, 15) is 0 Å².